The Bertz CT molecular complexity index is 1190. The fraction of sp³-hybridized carbons (Fsp3) is 0.333. The molecule has 3 N–H and O–H groups in total. The predicted molar refractivity (Wildman–Crippen MR) is 147 cm³/mol. The van der Waals surface area contributed by atoms with E-state index < -0.39 is 5.91 Å². The SMILES string of the molecule is CSC(=O)N/N=C/C1CCN(C)CC1.Cc1nc2ccccc2cc1COc1ccc(C(N)=O)cc1. The second-order valence-electron chi connectivity index (χ2n) is 8.63. The van der Waals surface area contributed by atoms with Gasteiger partial charge in [-0.15, -0.1) is 0 Å². The smallest absolute Gasteiger partial charge is 0.298 e. The lowest BCUT2D eigenvalue weighted by atomic mass is 9.99. The van der Waals surface area contributed by atoms with Gasteiger partial charge >= 0.3 is 0 Å². The number of nitrogens with zero attached hydrogens (tertiary/aromatic N) is 3. The molecule has 0 saturated carbocycles. The Morgan fingerprint density at radius 1 is 1.19 bits per heavy atom. The van der Waals surface area contributed by atoms with Crippen molar-refractivity contribution in [2.24, 2.45) is 16.8 Å². The summed E-state index contributed by atoms with van der Waals surface area (Å²) in [5.41, 5.74) is 11.1. The van der Waals surface area contributed by atoms with Crippen molar-refractivity contribution in [2.45, 2.75) is 26.4 Å². The predicted octanol–water partition coefficient (Wildman–Crippen LogP) is 4.61. The van der Waals surface area contributed by atoms with Crippen LogP contribution in [-0.2, 0) is 6.61 Å². The molecule has 0 spiro atoms. The molecule has 1 aliphatic heterocycles. The van der Waals surface area contributed by atoms with Gasteiger partial charge < -0.3 is 15.4 Å². The van der Waals surface area contributed by atoms with Crippen molar-refractivity contribution in [3.8, 4) is 5.75 Å². The Labute approximate surface area is 216 Å². The van der Waals surface area contributed by atoms with E-state index >= 15 is 0 Å². The fourth-order valence-electron chi connectivity index (χ4n) is 3.70. The van der Waals surface area contributed by atoms with Crippen molar-refractivity contribution < 1.29 is 14.3 Å². The summed E-state index contributed by atoms with van der Waals surface area (Å²) in [4.78, 5) is 28.8. The highest BCUT2D eigenvalue weighted by atomic mass is 32.2. The minimum Gasteiger partial charge on any atom is -0.489 e. The maximum atomic E-state index is 11.0. The summed E-state index contributed by atoms with van der Waals surface area (Å²) < 4.78 is 5.76. The van der Waals surface area contributed by atoms with Gasteiger partial charge in [-0.1, -0.05) is 30.0 Å². The van der Waals surface area contributed by atoms with Crippen LogP contribution >= 0.6 is 11.8 Å². The zero-order valence-electron chi connectivity index (χ0n) is 20.9. The number of amides is 2. The van der Waals surface area contributed by atoms with Crippen LogP contribution in [0.1, 0.15) is 34.5 Å². The molecule has 36 heavy (non-hydrogen) atoms. The van der Waals surface area contributed by atoms with Crippen molar-refractivity contribution in [3.05, 3.63) is 71.4 Å². The maximum Gasteiger partial charge on any atom is 0.298 e. The average molecular weight is 508 g/mol. The zero-order chi connectivity index (χ0) is 25.9. The van der Waals surface area contributed by atoms with Gasteiger partial charge in [-0.25, -0.2) is 5.43 Å². The van der Waals surface area contributed by atoms with Crippen LogP contribution in [0.2, 0.25) is 0 Å². The number of nitrogens with one attached hydrogen (secondary N) is 1. The van der Waals surface area contributed by atoms with Crippen LogP contribution in [0.25, 0.3) is 10.9 Å². The Morgan fingerprint density at radius 2 is 1.89 bits per heavy atom. The van der Waals surface area contributed by atoms with Gasteiger partial charge in [0.25, 0.3) is 5.24 Å². The summed E-state index contributed by atoms with van der Waals surface area (Å²) in [6.07, 6.45) is 5.87. The molecule has 2 amide bonds. The van der Waals surface area contributed by atoms with Gasteiger partial charge in [-0.2, -0.15) is 5.10 Å². The van der Waals surface area contributed by atoms with Crippen LogP contribution < -0.4 is 15.9 Å². The Hall–Kier alpha value is -3.43. The Kier molecular flexibility index (Phi) is 10.3. The topological polar surface area (TPSA) is 110 Å². The molecule has 0 aliphatic carbocycles. The third-order valence-corrected chi connectivity index (χ3v) is 6.40. The first kappa shape index (κ1) is 27.2. The van der Waals surface area contributed by atoms with E-state index in [-0.39, 0.29) is 5.24 Å². The number of hydrazone groups is 1. The largest absolute Gasteiger partial charge is 0.489 e. The molecule has 0 atom stereocenters. The number of hydrogen-bond acceptors (Lipinski definition) is 7. The van der Waals surface area contributed by atoms with E-state index in [1.807, 2.05) is 37.4 Å². The number of para-hydroxylation sites is 1. The monoisotopic (exact) mass is 507 g/mol. The van der Waals surface area contributed by atoms with Crippen molar-refractivity contribution in [3.63, 3.8) is 0 Å². The van der Waals surface area contributed by atoms with Gasteiger partial charge in [0.15, 0.2) is 0 Å². The standard InChI is InChI=1S/C18H16N2O2.C9H17N3OS/c1-12-15(10-14-4-2-3-5-17(14)20-12)11-22-16-8-6-13(7-9-16)18(19)21;1-12-5-3-8(4-6-12)7-10-11-9(13)14-2/h2-10H,11H2,1H3,(H2,19,21);7-8H,3-6H2,1-2H3,(H,11,13)/b;10-7+. The lowest BCUT2D eigenvalue weighted by Gasteiger charge is -2.26. The van der Waals surface area contributed by atoms with Gasteiger partial charge in [0.1, 0.15) is 12.4 Å². The molecular weight excluding hydrogens is 474 g/mol. The van der Waals surface area contributed by atoms with Gasteiger partial charge in [0, 0.05) is 28.4 Å². The highest BCUT2D eigenvalue weighted by Crippen LogP contribution is 2.19. The third kappa shape index (κ3) is 8.35. The highest BCUT2D eigenvalue weighted by Gasteiger charge is 2.14. The number of hydrogen-bond donors (Lipinski definition) is 2. The van der Waals surface area contributed by atoms with Crippen molar-refractivity contribution in [1.29, 1.82) is 0 Å². The molecule has 1 fully saturated rings. The number of rotatable bonds is 6. The van der Waals surface area contributed by atoms with Crippen molar-refractivity contribution in [2.75, 3.05) is 26.4 Å². The molecule has 0 bridgehead atoms. The molecule has 190 valence electrons. The molecule has 1 saturated heterocycles. The number of carbonyl (C=O) groups is 2. The van der Waals surface area contributed by atoms with Crippen LogP contribution in [0.5, 0.6) is 5.75 Å². The fourth-order valence-corrected chi connectivity index (χ4v) is 3.84. The Morgan fingerprint density at radius 3 is 2.56 bits per heavy atom. The normalized spacial score (nSPS) is 14.3. The number of pyridine rings is 1. The molecule has 9 heteroatoms. The molecule has 0 radical (unpaired) electrons. The van der Waals surface area contributed by atoms with Gasteiger partial charge in [0.2, 0.25) is 5.91 Å². The number of thioether (sulfide) groups is 1. The minimum atomic E-state index is -0.443. The summed E-state index contributed by atoms with van der Waals surface area (Å²) in [6, 6.07) is 16.9. The summed E-state index contributed by atoms with van der Waals surface area (Å²) in [7, 11) is 2.13. The van der Waals surface area contributed by atoms with E-state index in [0.29, 0.717) is 23.8 Å². The van der Waals surface area contributed by atoms with E-state index in [1.54, 1.807) is 30.5 Å². The molecule has 4 rings (SSSR count). The first-order chi connectivity index (χ1) is 17.4. The summed E-state index contributed by atoms with van der Waals surface area (Å²) >= 11 is 1.14. The van der Waals surface area contributed by atoms with Crippen LogP contribution in [0.3, 0.4) is 0 Å². The third-order valence-electron chi connectivity index (χ3n) is 5.94. The molecule has 1 aliphatic rings. The lowest BCUT2D eigenvalue weighted by Crippen LogP contribution is -2.31. The summed E-state index contributed by atoms with van der Waals surface area (Å²) in [5, 5.41) is 4.92. The van der Waals surface area contributed by atoms with Crippen LogP contribution in [0.4, 0.5) is 4.79 Å². The van der Waals surface area contributed by atoms with Gasteiger partial charge in [0.05, 0.1) is 5.52 Å². The van der Waals surface area contributed by atoms with E-state index in [9.17, 15) is 9.59 Å². The number of benzene rings is 2. The molecule has 2 heterocycles. The molecule has 8 nitrogen and oxygen atoms in total. The zero-order valence-corrected chi connectivity index (χ0v) is 21.8. The molecule has 0 unspecified atom stereocenters. The van der Waals surface area contributed by atoms with Gasteiger partial charge in [-0.05, 0) is 88.5 Å². The van der Waals surface area contributed by atoms with E-state index in [0.717, 1.165) is 59.9 Å². The summed E-state index contributed by atoms with van der Waals surface area (Å²) in [5.74, 6) is 0.770. The van der Waals surface area contributed by atoms with Crippen LogP contribution in [0, 0.1) is 12.8 Å². The van der Waals surface area contributed by atoms with Crippen LogP contribution in [-0.4, -0.2) is 53.6 Å². The lowest BCUT2D eigenvalue weighted by molar-refractivity contribution is 0.1000. The Balaban J connectivity index is 0.000000223. The number of nitrogens with two attached hydrogens (primary N) is 1. The van der Waals surface area contributed by atoms with E-state index in [4.69, 9.17) is 10.5 Å². The molecular formula is C27H33N5O3S. The van der Waals surface area contributed by atoms with Crippen molar-refractivity contribution >= 4 is 40.0 Å². The highest BCUT2D eigenvalue weighted by molar-refractivity contribution is 8.12. The molecule has 3 aromatic rings. The average Bonchev–Trinajstić information content (AvgIpc) is 2.89. The number of aromatic nitrogens is 1. The van der Waals surface area contributed by atoms with Gasteiger partial charge in [-0.3, -0.25) is 14.6 Å². The van der Waals surface area contributed by atoms with E-state index in [2.05, 4.69) is 33.5 Å². The van der Waals surface area contributed by atoms with Crippen molar-refractivity contribution in [1.82, 2.24) is 15.3 Å². The number of aryl methyl sites for hydroxylation is 1. The maximum absolute atomic E-state index is 11.0. The molecule has 1 aromatic heterocycles. The quantitative estimate of drug-likeness (QED) is 0.373. The molecule has 2 aromatic carbocycles. The minimum absolute atomic E-state index is 0.103. The second kappa shape index (κ2) is 13.6. The van der Waals surface area contributed by atoms with Crippen LogP contribution in [0.15, 0.2) is 59.7 Å². The number of fused-ring (bicyclic) bond motifs is 1. The second-order valence-corrected chi connectivity index (χ2v) is 9.40. The number of carbonyl (C=O) groups excluding carboxylic acids is 2. The van der Waals surface area contributed by atoms with E-state index in [1.165, 1.54) is 0 Å². The first-order valence-electron chi connectivity index (χ1n) is 11.8. The number of primary amides is 1. The number of piperidine rings is 1. The number of ether oxygens (including phenoxy) is 1. The first-order valence-corrected chi connectivity index (χ1v) is 13.0. The summed E-state index contributed by atoms with van der Waals surface area (Å²) in [6.45, 7) is 4.64. The number of likely N-dealkylation sites (tertiary alicyclic amines) is 1.